The number of carbonyl (C=O) groups excluding carboxylic acids is 2. The maximum Gasteiger partial charge on any atom is 0.332 e. The lowest BCUT2D eigenvalue weighted by Crippen LogP contribution is -2.46. The Labute approximate surface area is 174 Å². The van der Waals surface area contributed by atoms with Gasteiger partial charge in [-0.25, -0.2) is 4.79 Å². The maximum atomic E-state index is 13.0. The molecule has 1 aliphatic carbocycles. The van der Waals surface area contributed by atoms with E-state index in [9.17, 15) is 9.59 Å². The van der Waals surface area contributed by atoms with E-state index >= 15 is 0 Å². The molecule has 0 aliphatic heterocycles. The van der Waals surface area contributed by atoms with Crippen LogP contribution >= 0.6 is 11.6 Å². The van der Waals surface area contributed by atoms with Crippen molar-refractivity contribution in [3.05, 3.63) is 107 Å². The fourth-order valence-corrected chi connectivity index (χ4v) is 4.23. The van der Waals surface area contributed by atoms with E-state index in [1.165, 1.54) is 7.11 Å². The van der Waals surface area contributed by atoms with Crippen LogP contribution in [0.15, 0.2) is 84.9 Å². The second kappa shape index (κ2) is 7.72. The molecular weight excluding hydrogens is 386 g/mol. The van der Waals surface area contributed by atoms with E-state index in [0.717, 1.165) is 11.1 Å². The molecule has 0 saturated heterocycles. The average Bonchev–Trinajstić information content (AvgIpc) is 3.44. The Morgan fingerprint density at radius 1 is 0.828 bits per heavy atom. The van der Waals surface area contributed by atoms with Gasteiger partial charge in [0.15, 0.2) is 5.54 Å². The molecule has 1 N–H and O–H groups in total. The van der Waals surface area contributed by atoms with E-state index < -0.39 is 11.5 Å². The van der Waals surface area contributed by atoms with Crippen molar-refractivity contribution in [3.63, 3.8) is 0 Å². The summed E-state index contributed by atoms with van der Waals surface area (Å²) in [5.41, 5.74) is 1.19. The van der Waals surface area contributed by atoms with Crippen LogP contribution in [-0.2, 0) is 9.53 Å². The van der Waals surface area contributed by atoms with Crippen LogP contribution in [0.4, 0.5) is 0 Å². The SMILES string of the molecule is COC(=O)[C@]1(NC(=O)c2ccccc2)[C@H](c2ccccc2)[C@H]1c1ccc(Cl)cc1. The molecule has 4 nitrogen and oxygen atoms in total. The molecule has 1 aliphatic rings. The highest BCUT2D eigenvalue weighted by atomic mass is 35.5. The minimum absolute atomic E-state index is 0.245. The molecular formula is C24H20ClNO3. The van der Waals surface area contributed by atoms with Crippen molar-refractivity contribution < 1.29 is 14.3 Å². The highest BCUT2D eigenvalue weighted by molar-refractivity contribution is 6.30. The molecule has 5 heteroatoms. The molecule has 1 saturated carbocycles. The van der Waals surface area contributed by atoms with Gasteiger partial charge >= 0.3 is 5.97 Å². The minimum Gasteiger partial charge on any atom is -0.467 e. The zero-order valence-electron chi connectivity index (χ0n) is 15.8. The standard InChI is InChI=1S/C24H20ClNO3/c1-29-23(28)24(26-22(27)18-10-6-3-7-11-18)20(16-8-4-2-5-9-16)21(24)17-12-14-19(25)15-13-17/h2-15,20-21H,1H3,(H,26,27)/t20-,21-,24+/m1/s1. The number of benzene rings is 3. The number of rotatable bonds is 5. The van der Waals surface area contributed by atoms with Crippen LogP contribution in [-0.4, -0.2) is 24.5 Å². The third-order valence-electron chi connectivity index (χ3n) is 5.47. The predicted molar refractivity (Wildman–Crippen MR) is 112 cm³/mol. The van der Waals surface area contributed by atoms with Crippen LogP contribution in [0.1, 0.15) is 33.3 Å². The lowest BCUT2D eigenvalue weighted by molar-refractivity contribution is -0.144. The molecule has 0 heterocycles. The van der Waals surface area contributed by atoms with Gasteiger partial charge in [0.25, 0.3) is 5.91 Å². The van der Waals surface area contributed by atoms with Crippen LogP contribution < -0.4 is 5.32 Å². The lowest BCUT2D eigenvalue weighted by atomic mass is 10.0. The maximum absolute atomic E-state index is 13.0. The first-order valence-corrected chi connectivity index (χ1v) is 9.72. The molecule has 3 aromatic carbocycles. The number of carbonyl (C=O) groups is 2. The van der Waals surface area contributed by atoms with Crippen molar-refractivity contribution in [2.45, 2.75) is 17.4 Å². The Bertz CT molecular complexity index is 1020. The summed E-state index contributed by atoms with van der Waals surface area (Å²) in [5.74, 6) is -1.28. The van der Waals surface area contributed by atoms with Gasteiger partial charge in [-0.05, 0) is 35.4 Å². The number of hydrogen-bond acceptors (Lipinski definition) is 3. The number of amides is 1. The van der Waals surface area contributed by atoms with Crippen LogP contribution in [0.25, 0.3) is 0 Å². The van der Waals surface area contributed by atoms with Crippen LogP contribution in [0.5, 0.6) is 0 Å². The molecule has 29 heavy (non-hydrogen) atoms. The highest BCUT2D eigenvalue weighted by Gasteiger charge is 2.72. The number of nitrogens with one attached hydrogen (secondary N) is 1. The summed E-state index contributed by atoms with van der Waals surface area (Å²) in [6.45, 7) is 0. The van der Waals surface area contributed by atoms with Crippen molar-refractivity contribution in [3.8, 4) is 0 Å². The fraction of sp³-hybridized carbons (Fsp3) is 0.167. The van der Waals surface area contributed by atoms with Gasteiger partial charge in [0.1, 0.15) is 0 Å². The number of methoxy groups -OCH3 is 1. The predicted octanol–water partition coefficient (Wildman–Crippen LogP) is 4.56. The van der Waals surface area contributed by atoms with E-state index in [1.54, 1.807) is 36.4 Å². The lowest BCUT2D eigenvalue weighted by Gasteiger charge is -2.18. The quantitative estimate of drug-likeness (QED) is 0.633. The first kappa shape index (κ1) is 19.2. The molecule has 3 atom stereocenters. The van der Waals surface area contributed by atoms with Gasteiger partial charge in [-0.15, -0.1) is 0 Å². The molecule has 1 amide bonds. The van der Waals surface area contributed by atoms with E-state index in [2.05, 4.69) is 5.32 Å². The van der Waals surface area contributed by atoms with E-state index in [0.29, 0.717) is 10.6 Å². The zero-order valence-corrected chi connectivity index (χ0v) is 16.6. The monoisotopic (exact) mass is 405 g/mol. The Balaban J connectivity index is 1.79. The van der Waals surface area contributed by atoms with Crippen molar-refractivity contribution in [1.29, 1.82) is 0 Å². The molecule has 0 bridgehead atoms. The number of halogens is 1. The van der Waals surface area contributed by atoms with Gasteiger partial charge in [0.05, 0.1) is 7.11 Å². The molecule has 1 fully saturated rings. The minimum atomic E-state index is -1.18. The molecule has 0 spiro atoms. The van der Waals surface area contributed by atoms with E-state index in [4.69, 9.17) is 16.3 Å². The van der Waals surface area contributed by atoms with Gasteiger partial charge in [-0.1, -0.05) is 72.3 Å². The van der Waals surface area contributed by atoms with Crippen LogP contribution in [0, 0.1) is 0 Å². The Kier molecular flexibility index (Phi) is 5.12. The van der Waals surface area contributed by atoms with Gasteiger partial charge in [-0.3, -0.25) is 4.79 Å². The summed E-state index contributed by atoms with van der Waals surface area (Å²) in [6.07, 6.45) is 0. The van der Waals surface area contributed by atoms with Gasteiger partial charge < -0.3 is 10.1 Å². The molecule has 0 radical (unpaired) electrons. The van der Waals surface area contributed by atoms with Crippen LogP contribution in [0.2, 0.25) is 5.02 Å². The van der Waals surface area contributed by atoms with Crippen molar-refractivity contribution in [1.82, 2.24) is 5.32 Å². The van der Waals surface area contributed by atoms with Gasteiger partial charge in [-0.2, -0.15) is 0 Å². The summed E-state index contributed by atoms with van der Waals surface area (Å²) in [7, 11) is 1.35. The average molecular weight is 406 g/mol. The van der Waals surface area contributed by atoms with Crippen molar-refractivity contribution in [2.24, 2.45) is 0 Å². The Morgan fingerprint density at radius 3 is 1.90 bits per heavy atom. The summed E-state index contributed by atoms with van der Waals surface area (Å²) in [4.78, 5) is 26.0. The summed E-state index contributed by atoms with van der Waals surface area (Å²) < 4.78 is 5.16. The summed E-state index contributed by atoms with van der Waals surface area (Å²) in [6, 6.07) is 25.9. The smallest absolute Gasteiger partial charge is 0.332 e. The first-order chi connectivity index (χ1) is 14.1. The number of ether oxygens (including phenoxy) is 1. The third-order valence-corrected chi connectivity index (χ3v) is 5.72. The molecule has 3 aromatic rings. The Hall–Kier alpha value is -3.11. The molecule has 146 valence electrons. The molecule has 0 aromatic heterocycles. The Morgan fingerprint density at radius 2 is 1.34 bits per heavy atom. The van der Waals surface area contributed by atoms with Gasteiger partial charge in [0.2, 0.25) is 0 Å². The third kappa shape index (κ3) is 3.40. The molecule has 0 unspecified atom stereocenters. The van der Waals surface area contributed by atoms with Crippen molar-refractivity contribution in [2.75, 3.05) is 7.11 Å². The van der Waals surface area contributed by atoms with E-state index in [1.807, 2.05) is 48.5 Å². The largest absolute Gasteiger partial charge is 0.467 e. The number of esters is 1. The number of hydrogen-bond donors (Lipinski definition) is 1. The fourth-order valence-electron chi connectivity index (χ4n) is 4.11. The summed E-state index contributed by atoms with van der Waals surface area (Å²) in [5, 5.41) is 3.61. The summed E-state index contributed by atoms with van der Waals surface area (Å²) >= 11 is 6.05. The topological polar surface area (TPSA) is 55.4 Å². The molecule has 4 rings (SSSR count). The normalized spacial score (nSPS) is 22.6. The zero-order chi connectivity index (χ0) is 20.4. The van der Waals surface area contributed by atoms with E-state index in [-0.39, 0.29) is 17.7 Å². The van der Waals surface area contributed by atoms with Crippen LogP contribution in [0.3, 0.4) is 0 Å². The second-order valence-electron chi connectivity index (χ2n) is 7.10. The van der Waals surface area contributed by atoms with Gasteiger partial charge in [0, 0.05) is 22.4 Å². The highest BCUT2D eigenvalue weighted by Crippen LogP contribution is 2.64. The van der Waals surface area contributed by atoms with Crippen molar-refractivity contribution >= 4 is 23.5 Å². The second-order valence-corrected chi connectivity index (χ2v) is 7.53. The first-order valence-electron chi connectivity index (χ1n) is 9.34.